The van der Waals surface area contributed by atoms with Crippen molar-refractivity contribution in [3.63, 3.8) is 0 Å². The Balaban J connectivity index is 2.47. The first-order chi connectivity index (χ1) is 9.88. The summed E-state index contributed by atoms with van der Waals surface area (Å²) in [7, 11) is 0. The van der Waals surface area contributed by atoms with Crippen LogP contribution in [0.4, 0.5) is 8.78 Å². The highest BCUT2D eigenvalue weighted by Gasteiger charge is 2.16. The number of nitrogens with one attached hydrogen (secondary N) is 1. The fourth-order valence-corrected chi connectivity index (χ4v) is 3.69. The topological polar surface area (TPSA) is 20.7 Å². The van der Waals surface area contributed by atoms with Gasteiger partial charge in [0.25, 0.3) is 0 Å². The van der Waals surface area contributed by atoms with Crippen LogP contribution in [0.1, 0.15) is 11.1 Å². The minimum Gasteiger partial charge on any atom is -0.328 e. The fraction of sp³-hybridized carbons (Fsp3) is 0.133. The molecule has 1 heterocycles. The molecule has 0 atom stereocenters. The molecule has 0 saturated heterocycles. The first-order valence-corrected chi connectivity index (χ1v) is 7.45. The standard InChI is InChI=1S/C15H11BrF2N2S/c1-7-3-8(2)14(10(16)4-7)20-12-6-9(17)5-11(18)13(12)19-15(20)21/h3-6H,1-2H3,(H,19,21). The predicted octanol–water partition coefficient (Wildman–Crippen LogP) is 5.35. The van der Waals surface area contributed by atoms with E-state index in [0.29, 0.717) is 10.3 Å². The van der Waals surface area contributed by atoms with Gasteiger partial charge in [-0.3, -0.25) is 4.57 Å². The predicted molar refractivity (Wildman–Crippen MR) is 85.5 cm³/mol. The van der Waals surface area contributed by atoms with Gasteiger partial charge in [-0.15, -0.1) is 0 Å². The van der Waals surface area contributed by atoms with Gasteiger partial charge in [-0.2, -0.15) is 0 Å². The van der Waals surface area contributed by atoms with Crippen molar-refractivity contribution in [1.29, 1.82) is 0 Å². The van der Waals surface area contributed by atoms with Crippen molar-refractivity contribution in [2.45, 2.75) is 13.8 Å². The molecule has 0 spiro atoms. The Labute approximate surface area is 133 Å². The minimum atomic E-state index is -0.657. The van der Waals surface area contributed by atoms with Gasteiger partial charge in [0.2, 0.25) is 0 Å². The number of rotatable bonds is 1. The summed E-state index contributed by atoms with van der Waals surface area (Å²) in [5.74, 6) is -1.29. The number of nitrogens with zero attached hydrogens (tertiary/aromatic N) is 1. The second kappa shape index (κ2) is 5.03. The number of aromatic nitrogens is 2. The van der Waals surface area contributed by atoms with Crippen molar-refractivity contribution in [2.75, 3.05) is 0 Å². The van der Waals surface area contributed by atoms with Crippen LogP contribution in [-0.4, -0.2) is 9.55 Å². The van der Waals surface area contributed by atoms with E-state index in [9.17, 15) is 8.78 Å². The summed E-state index contributed by atoms with van der Waals surface area (Å²) in [6, 6.07) is 6.06. The van der Waals surface area contributed by atoms with E-state index in [4.69, 9.17) is 12.2 Å². The van der Waals surface area contributed by atoms with Crippen LogP contribution in [0, 0.1) is 30.3 Å². The maximum Gasteiger partial charge on any atom is 0.182 e. The van der Waals surface area contributed by atoms with E-state index in [1.54, 1.807) is 4.57 Å². The van der Waals surface area contributed by atoms with Gasteiger partial charge in [0.05, 0.1) is 11.2 Å². The molecule has 3 rings (SSSR count). The molecule has 0 bridgehead atoms. The number of halogens is 3. The molecule has 2 aromatic carbocycles. The van der Waals surface area contributed by atoms with Gasteiger partial charge >= 0.3 is 0 Å². The highest BCUT2D eigenvalue weighted by Crippen LogP contribution is 2.31. The lowest BCUT2D eigenvalue weighted by atomic mass is 10.1. The number of aromatic amines is 1. The quantitative estimate of drug-likeness (QED) is 0.574. The molecular formula is C15H11BrF2N2S. The molecule has 0 fully saturated rings. The van der Waals surface area contributed by atoms with Crippen LogP contribution in [-0.2, 0) is 0 Å². The van der Waals surface area contributed by atoms with E-state index in [1.165, 1.54) is 6.07 Å². The summed E-state index contributed by atoms with van der Waals surface area (Å²) in [5, 5.41) is 0. The molecular weight excluding hydrogens is 358 g/mol. The molecule has 3 aromatic rings. The highest BCUT2D eigenvalue weighted by atomic mass is 79.9. The number of H-pyrrole nitrogens is 1. The molecule has 0 aliphatic carbocycles. The molecule has 108 valence electrons. The number of hydrogen-bond acceptors (Lipinski definition) is 1. The molecule has 21 heavy (non-hydrogen) atoms. The van der Waals surface area contributed by atoms with E-state index in [0.717, 1.165) is 27.4 Å². The van der Waals surface area contributed by atoms with Gasteiger partial charge in [0, 0.05) is 16.6 Å². The highest BCUT2D eigenvalue weighted by molar-refractivity contribution is 9.10. The molecule has 0 unspecified atom stereocenters. The number of fused-ring (bicyclic) bond motifs is 1. The lowest BCUT2D eigenvalue weighted by Crippen LogP contribution is -2.00. The van der Waals surface area contributed by atoms with E-state index >= 15 is 0 Å². The summed E-state index contributed by atoms with van der Waals surface area (Å²) in [4.78, 5) is 2.81. The van der Waals surface area contributed by atoms with E-state index in [-0.39, 0.29) is 5.52 Å². The zero-order valence-electron chi connectivity index (χ0n) is 11.3. The normalized spacial score (nSPS) is 11.3. The third-order valence-electron chi connectivity index (χ3n) is 3.33. The number of aryl methyl sites for hydroxylation is 2. The first-order valence-electron chi connectivity index (χ1n) is 6.25. The van der Waals surface area contributed by atoms with E-state index in [2.05, 4.69) is 20.9 Å². The molecule has 0 amide bonds. The zero-order chi connectivity index (χ0) is 15.3. The van der Waals surface area contributed by atoms with Crippen molar-refractivity contribution in [3.8, 4) is 5.69 Å². The van der Waals surface area contributed by atoms with Crippen LogP contribution in [0.3, 0.4) is 0 Å². The molecule has 0 saturated carbocycles. The van der Waals surface area contributed by atoms with Gasteiger partial charge in [-0.25, -0.2) is 8.78 Å². The summed E-state index contributed by atoms with van der Waals surface area (Å²) in [5.41, 5.74) is 3.41. The average molecular weight is 369 g/mol. The number of imidazole rings is 1. The summed E-state index contributed by atoms with van der Waals surface area (Å²) < 4.78 is 30.2. The van der Waals surface area contributed by atoms with E-state index in [1.807, 2.05) is 26.0 Å². The Morgan fingerprint density at radius 2 is 1.86 bits per heavy atom. The van der Waals surface area contributed by atoms with Gasteiger partial charge in [-0.1, -0.05) is 6.07 Å². The Kier molecular flexibility index (Phi) is 3.45. The Morgan fingerprint density at radius 1 is 1.14 bits per heavy atom. The van der Waals surface area contributed by atoms with E-state index < -0.39 is 11.6 Å². The maximum atomic E-state index is 13.9. The van der Waals surface area contributed by atoms with Crippen LogP contribution in [0.2, 0.25) is 0 Å². The number of benzene rings is 2. The van der Waals surface area contributed by atoms with Crippen molar-refractivity contribution >= 4 is 39.2 Å². The molecule has 0 radical (unpaired) electrons. The summed E-state index contributed by atoms with van der Waals surface area (Å²) in [6.45, 7) is 3.92. The maximum absolute atomic E-state index is 13.9. The second-order valence-electron chi connectivity index (χ2n) is 4.96. The Morgan fingerprint density at radius 3 is 2.52 bits per heavy atom. The van der Waals surface area contributed by atoms with Crippen LogP contribution >= 0.6 is 28.1 Å². The van der Waals surface area contributed by atoms with Gasteiger partial charge < -0.3 is 4.98 Å². The third-order valence-corrected chi connectivity index (χ3v) is 4.22. The SMILES string of the molecule is Cc1cc(C)c(-n2c(=S)[nH]c3c(F)cc(F)cc32)c(Br)c1. The van der Waals surface area contributed by atoms with Crippen molar-refractivity contribution in [3.05, 3.63) is 56.3 Å². The molecule has 0 aliphatic heterocycles. The Hall–Kier alpha value is -1.53. The van der Waals surface area contributed by atoms with Crippen LogP contribution in [0.25, 0.3) is 16.7 Å². The van der Waals surface area contributed by atoms with Crippen molar-refractivity contribution in [2.24, 2.45) is 0 Å². The average Bonchev–Trinajstić information content (AvgIpc) is 2.66. The van der Waals surface area contributed by atoms with Gasteiger partial charge in [0.15, 0.2) is 10.6 Å². The summed E-state index contributed by atoms with van der Waals surface area (Å²) in [6.07, 6.45) is 0. The lowest BCUT2D eigenvalue weighted by molar-refractivity contribution is 0.590. The van der Waals surface area contributed by atoms with Gasteiger partial charge in [0.1, 0.15) is 11.3 Å². The largest absolute Gasteiger partial charge is 0.328 e. The van der Waals surface area contributed by atoms with Crippen LogP contribution < -0.4 is 0 Å². The van der Waals surface area contributed by atoms with Gasteiger partial charge in [-0.05, 0) is 59.2 Å². The Bertz CT molecular complexity index is 904. The smallest absolute Gasteiger partial charge is 0.182 e. The molecule has 2 nitrogen and oxygen atoms in total. The zero-order valence-corrected chi connectivity index (χ0v) is 13.7. The van der Waals surface area contributed by atoms with Crippen LogP contribution in [0.15, 0.2) is 28.7 Å². The first kappa shape index (κ1) is 14.4. The molecule has 0 aliphatic rings. The molecule has 1 aromatic heterocycles. The monoisotopic (exact) mass is 368 g/mol. The summed E-state index contributed by atoms with van der Waals surface area (Å²) >= 11 is 8.80. The third kappa shape index (κ3) is 2.32. The fourth-order valence-electron chi connectivity index (χ4n) is 2.55. The number of hydrogen-bond donors (Lipinski definition) is 1. The minimum absolute atomic E-state index is 0.202. The lowest BCUT2D eigenvalue weighted by Gasteiger charge is -2.12. The van der Waals surface area contributed by atoms with Crippen LogP contribution in [0.5, 0.6) is 0 Å². The molecule has 1 N–H and O–H groups in total. The van der Waals surface area contributed by atoms with Crippen molar-refractivity contribution in [1.82, 2.24) is 9.55 Å². The van der Waals surface area contributed by atoms with Crippen molar-refractivity contribution < 1.29 is 8.78 Å². The molecule has 6 heteroatoms. The second-order valence-corrected chi connectivity index (χ2v) is 6.20.